The van der Waals surface area contributed by atoms with Crippen molar-refractivity contribution >= 4 is 17.7 Å². The molecule has 2 aromatic carbocycles. The Bertz CT molecular complexity index is 1500. The van der Waals surface area contributed by atoms with Crippen molar-refractivity contribution in [3.8, 4) is 0 Å². The van der Waals surface area contributed by atoms with E-state index in [1.165, 1.54) is 24.4 Å². The molecule has 0 unspecified atom stereocenters. The van der Waals surface area contributed by atoms with Gasteiger partial charge in [-0.1, -0.05) is 18.2 Å². The van der Waals surface area contributed by atoms with E-state index in [0.29, 0.717) is 5.56 Å². The number of hydrogen-bond donors (Lipinski definition) is 4. The summed E-state index contributed by atoms with van der Waals surface area (Å²) in [6, 6.07) is 6.13. The van der Waals surface area contributed by atoms with Gasteiger partial charge in [0.2, 0.25) is 5.91 Å². The van der Waals surface area contributed by atoms with Crippen LogP contribution in [0.15, 0.2) is 54.9 Å². The molecule has 46 heavy (non-hydrogen) atoms. The normalized spacial score (nSPS) is 18.0. The van der Waals surface area contributed by atoms with Crippen molar-refractivity contribution in [3.63, 3.8) is 0 Å². The van der Waals surface area contributed by atoms with E-state index in [4.69, 9.17) is 15.2 Å². The minimum absolute atomic E-state index is 0.0171. The van der Waals surface area contributed by atoms with Crippen LogP contribution >= 0.6 is 0 Å². The summed E-state index contributed by atoms with van der Waals surface area (Å²) in [7, 11) is 0. The van der Waals surface area contributed by atoms with Gasteiger partial charge in [0, 0.05) is 18.0 Å². The zero-order valence-electron chi connectivity index (χ0n) is 24.1. The first-order valence-corrected chi connectivity index (χ1v) is 14.0. The molecule has 16 heteroatoms. The first kappa shape index (κ1) is 34.6. The SMILES string of the molecule is N[C@H](C(=O)Nc1cncc(F)c1CC[C@@H]1CN[C@H](COC(=O)NCC(F)(F)F)CO1)[C@@H](c1ccc(F)cc1)c1ccc(F)c(F)c1. The highest BCUT2D eigenvalue weighted by atomic mass is 19.4. The fraction of sp³-hybridized carbons (Fsp3) is 0.367. The molecule has 3 aromatic rings. The van der Waals surface area contributed by atoms with Crippen LogP contribution in [0.2, 0.25) is 0 Å². The van der Waals surface area contributed by atoms with Gasteiger partial charge in [-0.2, -0.15) is 13.2 Å². The van der Waals surface area contributed by atoms with Crippen LogP contribution in [0.1, 0.15) is 29.0 Å². The number of halogens is 7. The number of nitrogens with zero attached hydrogens (tertiary/aromatic N) is 1. The lowest BCUT2D eigenvalue weighted by Crippen LogP contribution is -2.49. The summed E-state index contributed by atoms with van der Waals surface area (Å²) in [6.45, 7) is -1.45. The minimum Gasteiger partial charge on any atom is -0.448 e. The number of ether oxygens (including phenoxy) is 2. The number of benzene rings is 2. The number of nitrogens with two attached hydrogens (primary N) is 1. The van der Waals surface area contributed by atoms with E-state index in [1.54, 1.807) is 5.32 Å². The Morgan fingerprint density at radius 2 is 1.74 bits per heavy atom. The molecule has 1 aliphatic rings. The lowest BCUT2D eigenvalue weighted by molar-refractivity contribution is -0.124. The largest absolute Gasteiger partial charge is 0.448 e. The van der Waals surface area contributed by atoms with Crippen molar-refractivity contribution in [1.82, 2.24) is 15.6 Å². The fourth-order valence-electron chi connectivity index (χ4n) is 4.84. The van der Waals surface area contributed by atoms with Gasteiger partial charge >= 0.3 is 12.3 Å². The third-order valence-corrected chi connectivity index (χ3v) is 7.19. The predicted octanol–water partition coefficient (Wildman–Crippen LogP) is 4.31. The molecule has 0 radical (unpaired) electrons. The molecule has 2 heterocycles. The Labute approximate surface area is 258 Å². The molecule has 1 aromatic heterocycles. The number of alkyl carbamates (subject to hydrolysis) is 1. The van der Waals surface area contributed by atoms with Gasteiger partial charge in [-0.3, -0.25) is 9.78 Å². The molecule has 1 saturated heterocycles. The first-order valence-electron chi connectivity index (χ1n) is 14.0. The van der Waals surface area contributed by atoms with Crippen molar-refractivity contribution in [2.75, 3.05) is 31.6 Å². The topological polar surface area (TPSA) is 128 Å². The third kappa shape index (κ3) is 9.61. The molecule has 0 saturated carbocycles. The summed E-state index contributed by atoms with van der Waals surface area (Å²) in [4.78, 5) is 28.6. The smallest absolute Gasteiger partial charge is 0.407 e. The third-order valence-electron chi connectivity index (χ3n) is 7.19. The maximum Gasteiger partial charge on any atom is 0.407 e. The Balaban J connectivity index is 1.37. The summed E-state index contributed by atoms with van der Waals surface area (Å²) in [6.07, 6.45) is -3.68. The molecule has 9 nitrogen and oxygen atoms in total. The lowest BCUT2D eigenvalue weighted by Gasteiger charge is -2.30. The average molecular weight is 658 g/mol. The summed E-state index contributed by atoms with van der Waals surface area (Å²) < 4.78 is 103. The predicted molar refractivity (Wildman–Crippen MR) is 151 cm³/mol. The van der Waals surface area contributed by atoms with Crippen LogP contribution < -0.4 is 21.7 Å². The fourth-order valence-corrected chi connectivity index (χ4v) is 4.84. The molecule has 0 bridgehead atoms. The number of carbonyl (C=O) groups excluding carboxylic acids is 2. The van der Waals surface area contributed by atoms with Gasteiger partial charge in [-0.15, -0.1) is 0 Å². The number of aromatic nitrogens is 1. The van der Waals surface area contributed by atoms with Crippen LogP contribution in [0.5, 0.6) is 0 Å². The zero-order chi connectivity index (χ0) is 33.4. The van der Waals surface area contributed by atoms with E-state index >= 15 is 0 Å². The Hall–Kier alpha value is -4.28. The van der Waals surface area contributed by atoms with Crippen molar-refractivity contribution in [1.29, 1.82) is 0 Å². The van der Waals surface area contributed by atoms with E-state index in [0.717, 1.165) is 30.5 Å². The van der Waals surface area contributed by atoms with Crippen LogP contribution in [0.4, 0.5) is 41.2 Å². The van der Waals surface area contributed by atoms with Crippen LogP contribution in [-0.4, -0.2) is 67.7 Å². The summed E-state index contributed by atoms with van der Waals surface area (Å²) in [5, 5.41) is 7.20. The molecule has 0 aliphatic carbocycles. The number of carbonyl (C=O) groups is 2. The first-order chi connectivity index (χ1) is 21.8. The second-order valence-corrected chi connectivity index (χ2v) is 10.5. The van der Waals surface area contributed by atoms with Crippen LogP contribution in [0, 0.1) is 23.3 Å². The van der Waals surface area contributed by atoms with Gasteiger partial charge in [-0.05, 0) is 48.2 Å². The standard InChI is InChI=1S/C30H30F7N5O4/c31-18-4-1-16(2-5-18)26(17-3-8-22(32)23(33)9-17)27(38)28(43)42-25-12-39-11-24(34)21(25)7-6-20-10-40-19(13-45-20)14-46-29(44)41-15-30(35,36)37/h1-5,8-9,11-12,19-20,26-27,40H,6-7,10,13-15,38H2,(H,41,44)(H,42,43)/t19-,20+,26-,27-/m0/s1. The van der Waals surface area contributed by atoms with Gasteiger partial charge < -0.3 is 31.2 Å². The highest BCUT2D eigenvalue weighted by molar-refractivity contribution is 5.96. The van der Waals surface area contributed by atoms with Crippen molar-refractivity contribution in [2.45, 2.75) is 43.1 Å². The number of anilines is 1. The number of hydrogen-bond acceptors (Lipinski definition) is 7. The highest BCUT2D eigenvalue weighted by Gasteiger charge is 2.31. The molecule has 2 amide bonds. The number of alkyl halides is 3. The van der Waals surface area contributed by atoms with E-state index in [-0.39, 0.29) is 49.4 Å². The van der Waals surface area contributed by atoms with E-state index in [1.807, 2.05) is 0 Å². The highest BCUT2D eigenvalue weighted by Crippen LogP contribution is 2.30. The molecule has 0 spiro atoms. The summed E-state index contributed by atoms with van der Waals surface area (Å²) >= 11 is 0. The molecule has 248 valence electrons. The van der Waals surface area contributed by atoms with Gasteiger partial charge in [0.15, 0.2) is 11.6 Å². The van der Waals surface area contributed by atoms with Gasteiger partial charge in [-0.25, -0.2) is 22.4 Å². The molecule has 1 fully saturated rings. The van der Waals surface area contributed by atoms with Gasteiger partial charge in [0.1, 0.15) is 24.8 Å². The number of pyridine rings is 1. The maximum absolute atomic E-state index is 14.9. The van der Waals surface area contributed by atoms with Crippen molar-refractivity contribution in [3.05, 3.63) is 94.8 Å². The molecule has 4 atom stereocenters. The Morgan fingerprint density at radius 3 is 2.39 bits per heavy atom. The molecule has 5 N–H and O–H groups in total. The van der Waals surface area contributed by atoms with Crippen LogP contribution in [0.25, 0.3) is 0 Å². The monoisotopic (exact) mass is 657 g/mol. The van der Waals surface area contributed by atoms with E-state index in [9.17, 15) is 40.3 Å². The van der Waals surface area contributed by atoms with Crippen molar-refractivity contribution < 1.29 is 49.8 Å². The second-order valence-electron chi connectivity index (χ2n) is 10.5. The molecular weight excluding hydrogens is 627 g/mol. The summed E-state index contributed by atoms with van der Waals surface area (Å²) in [5.74, 6) is -5.39. The van der Waals surface area contributed by atoms with Crippen LogP contribution in [0.3, 0.4) is 0 Å². The number of morpholine rings is 1. The van der Waals surface area contributed by atoms with E-state index < -0.39 is 72.1 Å². The molecule has 4 rings (SSSR count). The number of rotatable bonds is 11. The van der Waals surface area contributed by atoms with E-state index in [2.05, 4.69) is 15.6 Å². The lowest BCUT2D eigenvalue weighted by atomic mass is 9.84. The molecule has 1 aliphatic heterocycles. The quantitative estimate of drug-likeness (QED) is 0.227. The Kier molecular flexibility index (Phi) is 11.5. The minimum atomic E-state index is -4.57. The maximum atomic E-state index is 14.9. The van der Waals surface area contributed by atoms with Gasteiger partial charge in [0.05, 0.1) is 42.9 Å². The molecular formula is C30H30F7N5O4. The number of amides is 2. The second kappa shape index (κ2) is 15.3. The van der Waals surface area contributed by atoms with Crippen LogP contribution in [-0.2, 0) is 20.7 Å². The zero-order valence-corrected chi connectivity index (χ0v) is 24.1. The average Bonchev–Trinajstić information content (AvgIpc) is 3.01. The Morgan fingerprint density at radius 1 is 1.02 bits per heavy atom. The summed E-state index contributed by atoms with van der Waals surface area (Å²) in [5.41, 5.74) is 6.93. The van der Waals surface area contributed by atoms with Crippen molar-refractivity contribution in [2.24, 2.45) is 5.73 Å². The van der Waals surface area contributed by atoms with Gasteiger partial charge in [0.25, 0.3) is 0 Å². The number of nitrogens with one attached hydrogen (secondary N) is 3.